The molecule has 0 spiro atoms. The van der Waals surface area contributed by atoms with Gasteiger partial charge in [-0.1, -0.05) is 127 Å². The van der Waals surface area contributed by atoms with E-state index in [1.807, 2.05) is 132 Å². The number of piperazine rings is 1. The Morgan fingerprint density at radius 3 is 2.16 bits per heavy atom. The maximum Gasteiger partial charge on any atom is 0.332 e. The van der Waals surface area contributed by atoms with Gasteiger partial charge in [-0.3, -0.25) is 19.4 Å². The third kappa shape index (κ3) is 7.34. The van der Waals surface area contributed by atoms with Crippen molar-refractivity contribution in [3.8, 4) is 0 Å². The third-order valence-electron chi connectivity index (χ3n) is 10.6. The lowest BCUT2D eigenvalue weighted by Crippen LogP contribution is -2.66. The van der Waals surface area contributed by atoms with E-state index in [1.54, 1.807) is 22.1 Å². The first-order valence-electron chi connectivity index (χ1n) is 18.8. The second-order valence-corrected chi connectivity index (χ2v) is 14.1. The Hall–Kier alpha value is -6.78. The first-order chi connectivity index (χ1) is 27.4. The number of fused-ring (bicyclic) bond motifs is 3. The molecule has 0 saturated carbocycles. The summed E-state index contributed by atoms with van der Waals surface area (Å²) in [6.45, 7) is 4.87. The first kappa shape index (κ1) is 36.2. The minimum absolute atomic E-state index is 0.0672. The van der Waals surface area contributed by atoms with Crippen molar-refractivity contribution in [1.29, 1.82) is 0 Å². The molecule has 2 heterocycles. The van der Waals surface area contributed by atoms with Gasteiger partial charge in [0.25, 0.3) is 5.91 Å². The summed E-state index contributed by atoms with van der Waals surface area (Å²) in [6.07, 6.45) is 1.29. The molecule has 56 heavy (non-hydrogen) atoms. The molecule has 6 aromatic rings. The van der Waals surface area contributed by atoms with Crippen molar-refractivity contribution >= 4 is 51.0 Å². The van der Waals surface area contributed by atoms with Crippen LogP contribution >= 0.6 is 0 Å². The molecule has 0 aromatic heterocycles. The van der Waals surface area contributed by atoms with Crippen LogP contribution in [0.3, 0.4) is 0 Å². The summed E-state index contributed by atoms with van der Waals surface area (Å²) in [5.74, 6) is -0.618. The number of rotatable bonds is 11. The molecule has 2 atom stereocenters. The van der Waals surface area contributed by atoms with Crippen molar-refractivity contribution < 1.29 is 19.2 Å². The van der Waals surface area contributed by atoms with Gasteiger partial charge in [-0.25, -0.2) is 4.79 Å². The average molecular weight is 743 g/mol. The summed E-state index contributed by atoms with van der Waals surface area (Å²) >= 11 is 0. The Morgan fingerprint density at radius 2 is 1.41 bits per heavy atom. The Bertz CT molecular complexity index is 2420. The van der Waals surface area contributed by atoms with Gasteiger partial charge in [0, 0.05) is 30.8 Å². The van der Waals surface area contributed by atoms with E-state index >= 15 is 0 Å². The lowest BCUT2D eigenvalue weighted by Gasteiger charge is -2.46. The number of hydrazine groups is 1. The van der Waals surface area contributed by atoms with Gasteiger partial charge < -0.3 is 20.4 Å². The van der Waals surface area contributed by atoms with Crippen LogP contribution in [0.1, 0.15) is 27.0 Å². The Kier molecular flexibility index (Phi) is 10.3. The van der Waals surface area contributed by atoms with Crippen molar-refractivity contribution in [3.05, 3.63) is 174 Å². The molecule has 0 radical (unpaired) electrons. The number of hydrogen-bond donors (Lipinski definition) is 2. The van der Waals surface area contributed by atoms with Gasteiger partial charge in [-0.2, -0.15) is 5.01 Å². The quantitative estimate of drug-likeness (QED) is 0.140. The zero-order valence-corrected chi connectivity index (χ0v) is 30.9. The Balaban J connectivity index is 1.06. The van der Waals surface area contributed by atoms with Gasteiger partial charge in [0.1, 0.15) is 12.2 Å². The van der Waals surface area contributed by atoms with Crippen molar-refractivity contribution in [2.24, 2.45) is 0 Å². The van der Waals surface area contributed by atoms with Crippen LogP contribution in [-0.4, -0.2) is 75.4 Å². The molecule has 0 aliphatic carbocycles. The fourth-order valence-corrected chi connectivity index (χ4v) is 7.89. The van der Waals surface area contributed by atoms with Gasteiger partial charge in [0.2, 0.25) is 11.8 Å². The Labute approximate surface area is 325 Å². The molecule has 10 nitrogen and oxygen atoms in total. The van der Waals surface area contributed by atoms with E-state index in [1.165, 1.54) is 5.01 Å². The van der Waals surface area contributed by atoms with E-state index in [9.17, 15) is 19.2 Å². The summed E-state index contributed by atoms with van der Waals surface area (Å²) in [5.41, 5.74) is 3.96. The van der Waals surface area contributed by atoms with Crippen LogP contribution in [0, 0.1) is 0 Å². The van der Waals surface area contributed by atoms with Crippen LogP contribution in [-0.2, 0) is 29.1 Å². The average Bonchev–Trinajstić information content (AvgIpc) is 3.56. The van der Waals surface area contributed by atoms with Gasteiger partial charge in [0.15, 0.2) is 0 Å². The normalized spacial score (nSPS) is 16.9. The predicted octanol–water partition coefficient (Wildman–Crippen LogP) is 6.98. The summed E-state index contributed by atoms with van der Waals surface area (Å²) in [5, 5.41) is 13.3. The van der Waals surface area contributed by atoms with Crippen LogP contribution in [0.5, 0.6) is 0 Å². The molecule has 5 amide bonds. The van der Waals surface area contributed by atoms with Crippen LogP contribution in [0.25, 0.3) is 21.5 Å². The van der Waals surface area contributed by atoms with Crippen molar-refractivity contribution in [2.75, 3.05) is 25.0 Å². The molecule has 0 bridgehead atoms. The largest absolute Gasteiger partial charge is 0.333 e. The minimum atomic E-state index is -0.824. The fourth-order valence-electron chi connectivity index (χ4n) is 7.89. The standard InChI is InChI=1S/C46H42N6O4/c1-2-26-50(46(56)47-28-33-12-4-3-5-13-33)51-31-43(53)52-41(45(55)49(30-42(51)52)29-36-18-10-16-34-14-6-8-19-38(34)36)27-32-22-24-37(25-23-32)48-44(54)40-21-11-17-35-15-7-9-20-39(35)40/h2-25,41-42H,1,26-31H2,(H,47,56)(H,48,54)/t41-,42+/m0/s1. The molecule has 2 fully saturated rings. The highest BCUT2D eigenvalue weighted by Crippen LogP contribution is 2.32. The molecule has 280 valence electrons. The number of nitrogens with zero attached hydrogens (tertiary/aromatic N) is 4. The number of carbonyl (C=O) groups is 4. The SMILES string of the molecule is C=CCN(C(=O)NCc1ccccc1)N1CC(=O)N2[C@@H](Cc3ccc(NC(=O)c4cccc5ccccc45)cc3)C(=O)N(Cc3cccc4ccccc34)C[C@@H]21. The number of nitrogens with one attached hydrogen (secondary N) is 2. The van der Waals surface area contributed by atoms with E-state index in [0.29, 0.717) is 24.3 Å². The third-order valence-corrected chi connectivity index (χ3v) is 10.6. The molecule has 10 heteroatoms. The van der Waals surface area contributed by atoms with Gasteiger partial charge in [-0.15, -0.1) is 6.58 Å². The zero-order chi connectivity index (χ0) is 38.6. The number of hydrogen-bond acceptors (Lipinski definition) is 5. The summed E-state index contributed by atoms with van der Waals surface area (Å²) in [7, 11) is 0. The van der Waals surface area contributed by atoms with Gasteiger partial charge >= 0.3 is 6.03 Å². The molecule has 6 aromatic carbocycles. The number of amides is 5. The molecular weight excluding hydrogens is 701 g/mol. The van der Waals surface area contributed by atoms with Crippen molar-refractivity contribution in [3.63, 3.8) is 0 Å². The van der Waals surface area contributed by atoms with Crippen LogP contribution in [0.2, 0.25) is 0 Å². The first-order valence-corrected chi connectivity index (χ1v) is 18.8. The molecule has 2 saturated heterocycles. The topological polar surface area (TPSA) is 105 Å². The molecule has 2 aliphatic heterocycles. The lowest BCUT2D eigenvalue weighted by atomic mass is 9.98. The number of anilines is 1. The van der Waals surface area contributed by atoms with E-state index in [-0.39, 0.29) is 49.8 Å². The van der Waals surface area contributed by atoms with Crippen molar-refractivity contribution in [2.45, 2.75) is 31.7 Å². The second kappa shape index (κ2) is 15.9. The number of carbonyl (C=O) groups excluding carboxylic acids is 4. The monoisotopic (exact) mass is 742 g/mol. The maximum atomic E-state index is 14.6. The molecule has 0 unspecified atom stereocenters. The lowest BCUT2D eigenvalue weighted by molar-refractivity contribution is -0.157. The van der Waals surface area contributed by atoms with Crippen molar-refractivity contribution in [1.82, 2.24) is 25.1 Å². The summed E-state index contributed by atoms with van der Waals surface area (Å²) in [6, 6.07) is 43.4. The highest BCUT2D eigenvalue weighted by molar-refractivity contribution is 6.13. The molecule has 2 aliphatic rings. The van der Waals surface area contributed by atoms with E-state index < -0.39 is 12.2 Å². The van der Waals surface area contributed by atoms with E-state index in [0.717, 1.165) is 38.2 Å². The highest BCUT2D eigenvalue weighted by Gasteiger charge is 2.52. The number of urea groups is 1. The smallest absolute Gasteiger partial charge is 0.332 e. The van der Waals surface area contributed by atoms with Crippen LogP contribution in [0.4, 0.5) is 10.5 Å². The summed E-state index contributed by atoms with van der Waals surface area (Å²) in [4.78, 5) is 59.2. The Morgan fingerprint density at radius 1 is 0.750 bits per heavy atom. The van der Waals surface area contributed by atoms with Crippen LogP contribution < -0.4 is 10.6 Å². The van der Waals surface area contributed by atoms with Crippen LogP contribution in [0.15, 0.2) is 152 Å². The fraction of sp³-hybridized carbons (Fsp3) is 0.174. The second-order valence-electron chi connectivity index (χ2n) is 14.1. The predicted molar refractivity (Wildman–Crippen MR) is 218 cm³/mol. The van der Waals surface area contributed by atoms with Gasteiger partial charge in [0.05, 0.1) is 19.6 Å². The molecule has 8 rings (SSSR count). The zero-order valence-electron chi connectivity index (χ0n) is 30.9. The molecular formula is C46H42N6O4. The molecule has 2 N–H and O–H groups in total. The summed E-state index contributed by atoms with van der Waals surface area (Å²) < 4.78 is 0. The number of benzene rings is 6. The maximum absolute atomic E-state index is 14.6. The van der Waals surface area contributed by atoms with Gasteiger partial charge in [-0.05, 0) is 56.4 Å². The highest BCUT2D eigenvalue weighted by atomic mass is 16.2. The van der Waals surface area contributed by atoms with E-state index in [2.05, 4.69) is 23.3 Å². The minimum Gasteiger partial charge on any atom is -0.333 e. The van der Waals surface area contributed by atoms with E-state index in [4.69, 9.17) is 0 Å².